The number of benzene rings is 2. The van der Waals surface area contributed by atoms with Gasteiger partial charge in [-0.15, -0.1) is 11.3 Å². The van der Waals surface area contributed by atoms with Crippen LogP contribution in [0.4, 0.5) is 10.1 Å². The number of thiocarbonyl (C=S) groups is 1. The van der Waals surface area contributed by atoms with Gasteiger partial charge >= 0.3 is 0 Å². The van der Waals surface area contributed by atoms with Gasteiger partial charge in [0.05, 0.1) is 0 Å². The molecule has 3 rings (SSSR count). The first-order valence-electron chi connectivity index (χ1n) is 6.48. The van der Waals surface area contributed by atoms with Gasteiger partial charge in [0.1, 0.15) is 5.82 Å². The van der Waals surface area contributed by atoms with E-state index in [2.05, 4.69) is 28.1 Å². The summed E-state index contributed by atoms with van der Waals surface area (Å²) in [5, 5.41) is 10.1. The van der Waals surface area contributed by atoms with E-state index < -0.39 is 0 Å². The smallest absolute Gasteiger partial charge is 0.171 e. The van der Waals surface area contributed by atoms with Crippen molar-refractivity contribution in [3.63, 3.8) is 0 Å². The first-order chi connectivity index (χ1) is 10.2. The Hall–Kier alpha value is -1.98. The predicted octanol–water partition coefficient (Wildman–Crippen LogP) is 4.53. The van der Waals surface area contributed by atoms with E-state index >= 15 is 0 Å². The first kappa shape index (κ1) is 14.0. The largest absolute Gasteiger partial charge is 0.358 e. The zero-order valence-corrected chi connectivity index (χ0v) is 12.7. The lowest BCUT2D eigenvalue weighted by Gasteiger charge is -2.10. The Labute approximate surface area is 131 Å². The molecule has 1 heterocycles. The van der Waals surface area contributed by atoms with Crippen molar-refractivity contribution in [1.29, 1.82) is 0 Å². The average Bonchev–Trinajstić information content (AvgIpc) is 2.91. The van der Waals surface area contributed by atoms with Gasteiger partial charge in [0, 0.05) is 16.9 Å². The minimum absolute atomic E-state index is 0.260. The molecule has 0 unspecified atom stereocenters. The monoisotopic (exact) mass is 316 g/mol. The Balaban J connectivity index is 1.62. The van der Waals surface area contributed by atoms with Gasteiger partial charge in [0.15, 0.2) is 5.11 Å². The van der Waals surface area contributed by atoms with Crippen LogP contribution in [-0.4, -0.2) is 5.11 Å². The van der Waals surface area contributed by atoms with Gasteiger partial charge in [-0.1, -0.05) is 18.2 Å². The summed E-state index contributed by atoms with van der Waals surface area (Å²) < 4.78 is 14.1. The van der Waals surface area contributed by atoms with Crippen molar-refractivity contribution in [2.45, 2.75) is 6.54 Å². The van der Waals surface area contributed by atoms with Gasteiger partial charge in [-0.05, 0) is 58.9 Å². The zero-order chi connectivity index (χ0) is 14.7. The molecule has 106 valence electrons. The molecule has 21 heavy (non-hydrogen) atoms. The van der Waals surface area contributed by atoms with Crippen LogP contribution in [0, 0.1) is 5.82 Å². The maximum absolute atomic E-state index is 12.8. The fourth-order valence-electron chi connectivity index (χ4n) is 2.05. The molecule has 0 saturated carbocycles. The second-order valence-corrected chi connectivity index (χ2v) is 5.89. The topological polar surface area (TPSA) is 24.1 Å². The number of thiophene rings is 1. The van der Waals surface area contributed by atoms with E-state index in [9.17, 15) is 4.39 Å². The standard InChI is InChI=1S/C16H13FN2S2/c17-12-5-7-13(8-6-12)19-16(20)18-9-11-10-21-15-4-2-1-3-14(11)15/h1-8,10H,9H2,(H2,18,19,20). The Kier molecular flexibility index (Phi) is 4.13. The van der Waals surface area contributed by atoms with E-state index in [0.29, 0.717) is 11.7 Å². The van der Waals surface area contributed by atoms with Crippen molar-refractivity contribution >= 4 is 44.4 Å². The summed E-state index contributed by atoms with van der Waals surface area (Å²) in [4.78, 5) is 0. The van der Waals surface area contributed by atoms with Gasteiger partial charge in [-0.25, -0.2) is 4.39 Å². The molecule has 0 radical (unpaired) electrons. The predicted molar refractivity (Wildman–Crippen MR) is 91.3 cm³/mol. The van der Waals surface area contributed by atoms with Gasteiger partial charge < -0.3 is 10.6 Å². The molecule has 0 aliphatic heterocycles. The third-order valence-electron chi connectivity index (χ3n) is 3.10. The molecule has 2 nitrogen and oxygen atoms in total. The van der Waals surface area contributed by atoms with E-state index in [1.807, 2.05) is 12.1 Å². The lowest BCUT2D eigenvalue weighted by Crippen LogP contribution is -2.27. The Morgan fingerprint density at radius 1 is 1.10 bits per heavy atom. The molecule has 1 aromatic heterocycles. The van der Waals surface area contributed by atoms with Crippen molar-refractivity contribution in [1.82, 2.24) is 5.32 Å². The molecular weight excluding hydrogens is 303 g/mol. The lowest BCUT2D eigenvalue weighted by molar-refractivity contribution is 0.628. The molecule has 0 spiro atoms. The maximum Gasteiger partial charge on any atom is 0.171 e. The lowest BCUT2D eigenvalue weighted by atomic mass is 10.2. The maximum atomic E-state index is 12.8. The van der Waals surface area contributed by atoms with Crippen LogP contribution in [0.25, 0.3) is 10.1 Å². The highest BCUT2D eigenvalue weighted by atomic mass is 32.1. The molecule has 0 aliphatic rings. The number of hydrogen-bond donors (Lipinski definition) is 2. The number of rotatable bonds is 3. The molecule has 0 fully saturated rings. The van der Waals surface area contributed by atoms with Crippen LogP contribution >= 0.6 is 23.6 Å². The van der Waals surface area contributed by atoms with E-state index in [-0.39, 0.29) is 5.82 Å². The van der Waals surface area contributed by atoms with Crippen LogP contribution in [0.5, 0.6) is 0 Å². The molecule has 2 N–H and O–H groups in total. The highest BCUT2D eigenvalue weighted by molar-refractivity contribution is 7.80. The van der Waals surface area contributed by atoms with Gasteiger partial charge in [-0.2, -0.15) is 0 Å². The molecule has 0 saturated heterocycles. The highest BCUT2D eigenvalue weighted by Gasteiger charge is 2.04. The van der Waals surface area contributed by atoms with Crippen molar-refractivity contribution in [3.8, 4) is 0 Å². The highest BCUT2D eigenvalue weighted by Crippen LogP contribution is 2.25. The number of hydrogen-bond acceptors (Lipinski definition) is 2. The van der Waals surface area contributed by atoms with E-state index in [0.717, 1.165) is 5.69 Å². The molecule has 3 aromatic rings. The Bertz CT molecular complexity index is 765. The normalized spacial score (nSPS) is 10.5. The summed E-state index contributed by atoms with van der Waals surface area (Å²) in [5.74, 6) is -0.260. The second-order valence-electron chi connectivity index (χ2n) is 4.57. The second kappa shape index (κ2) is 6.20. The third-order valence-corrected chi connectivity index (χ3v) is 4.36. The third kappa shape index (κ3) is 3.37. The molecule has 0 aliphatic carbocycles. The first-order valence-corrected chi connectivity index (χ1v) is 7.77. The fraction of sp³-hybridized carbons (Fsp3) is 0.0625. The summed E-state index contributed by atoms with van der Waals surface area (Å²) in [7, 11) is 0. The van der Waals surface area contributed by atoms with Crippen molar-refractivity contribution in [3.05, 3.63) is 65.3 Å². The van der Waals surface area contributed by atoms with Crippen molar-refractivity contribution in [2.75, 3.05) is 5.32 Å². The van der Waals surface area contributed by atoms with E-state index in [1.165, 1.54) is 27.8 Å². The van der Waals surface area contributed by atoms with Crippen LogP contribution in [-0.2, 0) is 6.54 Å². The summed E-state index contributed by atoms with van der Waals surface area (Å²) in [6, 6.07) is 14.4. The summed E-state index contributed by atoms with van der Waals surface area (Å²) in [5.41, 5.74) is 1.99. The number of nitrogens with one attached hydrogen (secondary N) is 2. The van der Waals surface area contributed by atoms with Crippen LogP contribution in [0.3, 0.4) is 0 Å². The zero-order valence-electron chi connectivity index (χ0n) is 11.1. The van der Waals surface area contributed by atoms with E-state index in [1.54, 1.807) is 23.5 Å². The average molecular weight is 316 g/mol. The molecule has 5 heteroatoms. The Morgan fingerprint density at radius 2 is 1.86 bits per heavy atom. The molecule has 2 aromatic carbocycles. The Morgan fingerprint density at radius 3 is 2.67 bits per heavy atom. The number of halogens is 1. The van der Waals surface area contributed by atoms with Gasteiger partial charge in [0.2, 0.25) is 0 Å². The SMILES string of the molecule is Fc1ccc(NC(=S)NCc2csc3ccccc23)cc1. The van der Waals surface area contributed by atoms with Crippen LogP contribution in [0.2, 0.25) is 0 Å². The van der Waals surface area contributed by atoms with Crippen LogP contribution < -0.4 is 10.6 Å². The van der Waals surface area contributed by atoms with Crippen LogP contribution in [0.15, 0.2) is 53.9 Å². The van der Waals surface area contributed by atoms with Crippen LogP contribution in [0.1, 0.15) is 5.56 Å². The quantitative estimate of drug-likeness (QED) is 0.694. The summed E-state index contributed by atoms with van der Waals surface area (Å²) in [6.07, 6.45) is 0. The number of fused-ring (bicyclic) bond motifs is 1. The van der Waals surface area contributed by atoms with Crippen molar-refractivity contribution in [2.24, 2.45) is 0 Å². The number of anilines is 1. The minimum atomic E-state index is -0.260. The van der Waals surface area contributed by atoms with Gasteiger partial charge in [0.25, 0.3) is 0 Å². The summed E-state index contributed by atoms with van der Waals surface area (Å²) in [6.45, 7) is 0.664. The van der Waals surface area contributed by atoms with Crippen molar-refractivity contribution < 1.29 is 4.39 Å². The summed E-state index contributed by atoms with van der Waals surface area (Å²) >= 11 is 6.98. The van der Waals surface area contributed by atoms with Gasteiger partial charge in [-0.3, -0.25) is 0 Å². The molecule has 0 bridgehead atoms. The minimum Gasteiger partial charge on any atom is -0.358 e. The molecule has 0 atom stereocenters. The van der Waals surface area contributed by atoms with E-state index in [4.69, 9.17) is 12.2 Å². The molecular formula is C16H13FN2S2. The molecule has 0 amide bonds. The fourth-order valence-corrected chi connectivity index (χ4v) is 3.21.